The van der Waals surface area contributed by atoms with Crippen LogP contribution >= 0.6 is 0 Å². The van der Waals surface area contributed by atoms with Gasteiger partial charge in [0.05, 0.1) is 5.56 Å². The average molecular weight is 276 g/mol. The predicted octanol–water partition coefficient (Wildman–Crippen LogP) is 1.92. The number of aromatic nitrogens is 1. The van der Waals surface area contributed by atoms with Crippen LogP contribution in [0, 0.1) is 5.92 Å². The van der Waals surface area contributed by atoms with Crippen LogP contribution in [0.4, 0.5) is 19.0 Å². The summed E-state index contributed by atoms with van der Waals surface area (Å²) in [7, 11) is 1.59. The number of oxime groups is 1. The number of rotatable bonds is 4. The number of nitrogens with zero attached hydrogens (tertiary/aromatic N) is 3. The third-order valence-corrected chi connectivity index (χ3v) is 2.63. The molecule has 19 heavy (non-hydrogen) atoms. The molecule has 0 radical (unpaired) electrons. The molecule has 106 valence electrons. The molecule has 0 aromatic carbocycles. The van der Waals surface area contributed by atoms with E-state index in [1.54, 1.807) is 14.0 Å². The zero-order chi connectivity index (χ0) is 14.6. The minimum Gasteiger partial charge on any atom is -0.409 e. The molecule has 3 N–H and O–H groups in total. The summed E-state index contributed by atoms with van der Waals surface area (Å²) in [4.78, 5) is 5.39. The van der Waals surface area contributed by atoms with Gasteiger partial charge >= 0.3 is 6.18 Å². The minimum absolute atomic E-state index is 0.0128. The standard InChI is InChI=1S/C11H15F3N4O/c1-7(10(15)17-19)6-18(2)9-5-8(3-4-16-9)11(12,13)14/h3-5,7,19H,6H2,1-2H3,(H2,15,17). The lowest BCUT2D eigenvalue weighted by Crippen LogP contribution is -2.33. The van der Waals surface area contributed by atoms with Crippen molar-refractivity contribution in [2.75, 3.05) is 18.5 Å². The van der Waals surface area contributed by atoms with Crippen molar-refractivity contribution < 1.29 is 18.4 Å². The van der Waals surface area contributed by atoms with E-state index in [9.17, 15) is 13.2 Å². The van der Waals surface area contributed by atoms with Gasteiger partial charge in [-0.3, -0.25) is 0 Å². The van der Waals surface area contributed by atoms with Crippen molar-refractivity contribution in [2.45, 2.75) is 13.1 Å². The van der Waals surface area contributed by atoms with Crippen LogP contribution in [-0.2, 0) is 6.18 Å². The number of pyridine rings is 1. The average Bonchev–Trinajstić information content (AvgIpc) is 2.36. The largest absolute Gasteiger partial charge is 0.416 e. The Balaban J connectivity index is 2.86. The lowest BCUT2D eigenvalue weighted by atomic mass is 10.1. The van der Waals surface area contributed by atoms with Crippen LogP contribution in [-0.4, -0.2) is 29.6 Å². The highest BCUT2D eigenvalue weighted by Gasteiger charge is 2.31. The molecule has 5 nitrogen and oxygen atoms in total. The minimum atomic E-state index is -4.41. The first-order valence-corrected chi connectivity index (χ1v) is 5.47. The molecule has 0 aliphatic heterocycles. The molecule has 0 spiro atoms. The monoisotopic (exact) mass is 276 g/mol. The normalized spacial score (nSPS) is 14.3. The van der Waals surface area contributed by atoms with E-state index in [1.807, 2.05) is 0 Å². The highest BCUT2D eigenvalue weighted by atomic mass is 19.4. The number of hydrogen-bond acceptors (Lipinski definition) is 4. The topological polar surface area (TPSA) is 74.7 Å². The first-order valence-electron chi connectivity index (χ1n) is 5.47. The number of halogens is 3. The van der Waals surface area contributed by atoms with E-state index in [-0.39, 0.29) is 24.1 Å². The van der Waals surface area contributed by atoms with Crippen LogP contribution in [0.2, 0.25) is 0 Å². The molecular formula is C11H15F3N4O. The van der Waals surface area contributed by atoms with E-state index in [1.165, 1.54) is 4.90 Å². The van der Waals surface area contributed by atoms with Gasteiger partial charge in [-0.2, -0.15) is 13.2 Å². The molecule has 0 fully saturated rings. The summed E-state index contributed by atoms with van der Waals surface area (Å²) >= 11 is 0. The number of alkyl halides is 3. The Kier molecular flexibility index (Phi) is 4.57. The van der Waals surface area contributed by atoms with Gasteiger partial charge in [-0.05, 0) is 12.1 Å². The van der Waals surface area contributed by atoms with Gasteiger partial charge in [0, 0.05) is 25.7 Å². The highest BCUT2D eigenvalue weighted by Crippen LogP contribution is 2.30. The SMILES string of the molecule is CC(CN(C)c1cc(C(F)(F)F)ccn1)C(N)=NO. The first kappa shape index (κ1) is 15.1. The van der Waals surface area contributed by atoms with Crippen LogP contribution < -0.4 is 10.6 Å². The third-order valence-electron chi connectivity index (χ3n) is 2.63. The lowest BCUT2D eigenvalue weighted by molar-refractivity contribution is -0.137. The number of hydrogen-bond donors (Lipinski definition) is 2. The molecule has 1 aromatic rings. The van der Waals surface area contributed by atoms with Crippen LogP contribution in [0.3, 0.4) is 0 Å². The van der Waals surface area contributed by atoms with Gasteiger partial charge in [0.25, 0.3) is 0 Å². The smallest absolute Gasteiger partial charge is 0.409 e. The van der Waals surface area contributed by atoms with Gasteiger partial charge in [-0.25, -0.2) is 4.98 Å². The fourth-order valence-electron chi connectivity index (χ4n) is 1.50. The Hall–Kier alpha value is -1.99. The molecule has 8 heteroatoms. The van der Waals surface area contributed by atoms with E-state index in [4.69, 9.17) is 10.9 Å². The van der Waals surface area contributed by atoms with E-state index in [0.29, 0.717) is 0 Å². The number of nitrogens with two attached hydrogens (primary N) is 1. The zero-order valence-corrected chi connectivity index (χ0v) is 10.5. The molecule has 1 rings (SSSR count). The number of amidine groups is 1. The second-order valence-corrected chi connectivity index (χ2v) is 4.21. The second kappa shape index (κ2) is 5.77. The molecule has 0 aliphatic rings. The summed E-state index contributed by atoms with van der Waals surface area (Å²) in [5.74, 6) is -0.127. The molecule has 1 atom stereocenters. The fraction of sp³-hybridized carbons (Fsp3) is 0.455. The van der Waals surface area contributed by atoms with Crippen LogP contribution in [0.25, 0.3) is 0 Å². The van der Waals surface area contributed by atoms with E-state index < -0.39 is 11.7 Å². The Morgan fingerprint density at radius 2 is 2.21 bits per heavy atom. The van der Waals surface area contributed by atoms with Gasteiger partial charge in [0.1, 0.15) is 11.7 Å². The van der Waals surface area contributed by atoms with E-state index in [2.05, 4.69) is 10.1 Å². The van der Waals surface area contributed by atoms with Crippen molar-refractivity contribution in [1.82, 2.24) is 4.98 Å². The van der Waals surface area contributed by atoms with E-state index in [0.717, 1.165) is 18.3 Å². The summed E-state index contributed by atoms with van der Waals surface area (Å²) in [6.45, 7) is 1.98. The van der Waals surface area contributed by atoms with Crippen molar-refractivity contribution in [2.24, 2.45) is 16.8 Å². The summed E-state index contributed by atoms with van der Waals surface area (Å²) in [6.07, 6.45) is -3.31. The molecule has 1 aromatic heterocycles. The molecule has 1 unspecified atom stereocenters. The Labute approximate surface area is 108 Å². The highest BCUT2D eigenvalue weighted by molar-refractivity contribution is 5.82. The zero-order valence-electron chi connectivity index (χ0n) is 10.5. The maximum absolute atomic E-state index is 12.6. The second-order valence-electron chi connectivity index (χ2n) is 4.21. The van der Waals surface area contributed by atoms with Crippen LogP contribution in [0.15, 0.2) is 23.5 Å². The van der Waals surface area contributed by atoms with Crippen LogP contribution in [0.1, 0.15) is 12.5 Å². The molecule has 0 saturated carbocycles. The fourth-order valence-corrected chi connectivity index (χ4v) is 1.50. The van der Waals surface area contributed by atoms with Gasteiger partial charge in [0.2, 0.25) is 0 Å². The quantitative estimate of drug-likeness (QED) is 0.381. The summed E-state index contributed by atoms with van der Waals surface area (Å²) in [5, 5.41) is 11.4. The van der Waals surface area contributed by atoms with Gasteiger partial charge in [-0.1, -0.05) is 12.1 Å². The third kappa shape index (κ3) is 4.01. The van der Waals surface area contributed by atoms with Gasteiger partial charge in [0.15, 0.2) is 0 Å². The molecular weight excluding hydrogens is 261 g/mol. The van der Waals surface area contributed by atoms with Crippen molar-refractivity contribution in [3.8, 4) is 0 Å². The molecule has 1 heterocycles. The predicted molar refractivity (Wildman–Crippen MR) is 65.1 cm³/mol. The molecule has 0 bridgehead atoms. The van der Waals surface area contributed by atoms with Crippen molar-refractivity contribution >= 4 is 11.7 Å². The first-order chi connectivity index (χ1) is 8.75. The Morgan fingerprint density at radius 3 is 2.74 bits per heavy atom. The maximum atomic E-state index is 12.6. The molecule has 0 amide bonds. The summed E-state index contributed by atoms with van der Waals surface area (Å²) in [6, 6.07) is 1.86. The summed E-state index contributed by atoms with van der Waals surface area (Å²) in [5.41, 5.74) is 4.65. The van der Waals surface area contributed by atoms with Crippen LogP contribution in [0.5, 0.6) is 0 Å². The Bertz CT molecular complexity index is 461. The number of anilines is 1. The van der Waals surface area contributed by atoms with Gasteiger partial charge < -0.3 is 15.8 Å². The maximum Gasteiger partial charge on any atom is 0.416 e. The van der Waals surface area contributed by atoms with E-state index >= 15 is 0 Å². The molecule has 0 aliphatic carbocycles. The van der Waals surface area contributed by atoms with Crippen molar-refractivity contribution in [3.05, 3.63) is 23.9 Å². The van der Waals surface area contributed by atoms with Crippen molar-refractivity contribution in [3.63, 3.8) is 0 Å². The van der Waals surface area contributed by atoms with Gasteiger partial charge in [-0.15, -0.1) is 0 Å². The Morgan fingerprint density at radius 1 is 1.58 bits per heavy atom. The lowest BCUT2D eigenvalue weighted by Gasteiger charge is -2.22. The summed E-state index contributed by atoms with van der Waals surface area (Å²) < 4.78 is 37.7. The van der Waals surface area contributed by atoms with Crippen molar-refractivity contribution in [1.29, 1.82) is 0 Å². The molecule has 0 saturated heterocycles.